The first kappa shape index (κ1) is 12.1. The van der Waals surface area contributed by atoms with Crippen LogP contribution in [-0.4, -0.2) is 24.3 Å². The minimum absolute atomic E-state index is 0.124. The molecule has 1 fully saturated rings. The van der Waals surface area contributed by atoms with Crippen LogP contribution in [0.3, 0.4) is 0 Å². The number of rotatable bonds is 3. The van der Waals surface area contributed by atoms with E-state index in [0.29, 0.717) is 17.8 Å². The molecule has 0 bridgehead atoms. The Morgan fingerprint density at radius 1 is 1.39 bits per heavy atom. The summed E-state index contributed by atoms with van der Waals surface area (Å²) in [6.45, 7) is 0.347. The van der Waals surface area contributed by atoms with Gasteiger partial charge in [-0.2, -0.15) is 0 Å². The quantitative estimate of drug-likeness (QED) is 0.692. The van der Waals surface area contributed by atoms with Crippen molar-refractivity contribution in [2.45, 2.75) is 6.42 Å². The molecule has 0 aromatic heterocycles. The van der Waals surface area contributed by atoms with E-state index in [1.807, 2.05) is 0 Å². The number of carbonyl (C=O) groups excluding carboxylic acids is 3. The standard InChI is InChI=1S/C12H13N3O3/c13-11(17)7-2-1-3-9(4-7)15-12(18)8-5-10(16)14-6-8/h1-4,8H,5-6H2,(H2,13,17)(H,14,16)(H,15,18). The molecule has 1 saturated heterocycles. The molecule has 4 N–H and O–H groups in total. The van der Waals surface area contributed by atoms with Gasteiger partial charge in [0.05, 0.1) is 5.92 Å². The Morgan fingerprint density at radius 3 is 2.78 bits per heavy atom. The monoisotopic (exact) mass is 247 g/mol. The maximum Gasteiger partial charge on any atom is 0.248 e. The molecule has 2 rings (SSSR count). The molecule has 6 nitrogen and oxygen atoms in total. The Bertz CT molecular complexity index is 513. The first-order valence-electron chi connectivity index (χ1n) is 5.53. The van der Waals surface area contributed by atoms with Gasteiger partial charge in [-0.3, -0.25) is 14.4 Å². The van der Waals surface area contributed by atoms with E-state index in [1.165, 1.54) is 6.07 Å². The topological polar surface area (TPSA) is 101 Å². The van der Waals surface area contributed by atoms with Crippen molar-refractivity contribution in [3.8, 4) is 0 Å². The van der Waals surface area contributed by atoms with Crippen molar-refractivity contribution in [2.24, 2.45) is 11.7 Å². The summed E-state index contributed by atoms with van der Waals surface area (Å²) >= 11 is 0. The average Bonchev–Trinajstić information content (AvgIpc) is 2.76. The summed E-state index contributed by atoms with van der Waals surface area (Å²) in [5, 5.41) is 5.25. The van der Waals surface area contributed by atoms with Crippen molar-refractivity contribution in [1.29, 1.82) is 0 Å². The van der Waals surface area contributed by atoms with Crippen LogP contribution in [0.5, 0.6) is 0 Å². The smallest absolute Gasteiger partial charge is 0.248 e. The Hall–Kier alpha value is -2.37. The number of carbonyl (C=O) groups is 3. The van der Waals surface area contributed by atoms with Gasteiger partial charge in [-0.05, 0) is 18.2 Å². The highest BCUT2D eigenvalue weighted by Gasteiger charge is 2.27. The highest BCUT2D eigenvalue weighted by atomic mass is 16.2. The summed E-state index contributed by atoms with van der Waals surface area (Å²) in [5.74, 6) is -1.28. The van der Waals surface area contributed by atoms with Gasteiger partial charge in [0.1, 0.15) is 0 Å². The maximum atomic E-state index is 11.8. The van der Waals surface area contributed by atoms with Gasteiger partial charge in [-0.25, -0.2) is 0 Å². The lowest BCUT2D eigenvalue weighted by atomic mass is 10.1. The van der Waals surface area contributed by atoms with Crippen LogP contribution >= 0.6 is 0 Å². The van der Waals surface area contributed by atoms with E-state index < -0.39 is 5.91 Å². The lowest BCUT2D eigenvalue weighted by molar-refractivity contribution is -0.123. The SMILES string of the molecule is NC(=O)c1cccc(NC(=O)C2CNC(=O)C2)c1. The number of primary amides is 1. The molecular formula is C12H13N3O3. The number of hydrogen-bond donors (Lipinski definition) is 3. The second-order valence-corrected chi connectivity index (χ2v) is 4.14. The van der Waals surface area contributed by atoms with Gasteiger partial charge in [-0.1, -0.05) is 6.07 Å². The Kier molecular flexibility index (Phi) is 3.27. The van der Waals surface area contributed by atoms with Gasteiger partial charge in [0.2, 0.25) is 17.7 Å². The number of nitrogens with two attached hydrogens (primary N) is 1. The molecule has 1 aliphatic heterocycles. The molecule has 6 heteroatoms. The molecule has 1 aromatic carbocycles. The first-order valence-corrected chi connectivity index (χ1v) is 5.53. The van der Waals surface area contributed by atoms with Crippen LogP contribution < -0.4 is 16.4 Å². The molecule has 1 heterocycles. The lowest BCUT2D eigenvalue weighted by Gasteiger charge is -2.09. The molecule has 3 amide bonds. The predicted octanol–water partition coefficient (Wildman–Crippen LogP) is -0.140. The largest absolute Gasteiger partial charge is 0.366 e. The molecule has 1 aliphatic rings. The van der Waals surface area contributed by atoms with Gasteiger partial charge in [-0.15, -0.1) is 0 Å². The van der Waals surface area contributed by atoms with Gasteiger partial charge in [0, 0.05) is 24.2 Å². The second kappa shape index (κ2) is 4.87. The minimum atomic E-state index is -0.552. The summed E-state index contributed by atoms with van der Waals surface area (Å²) in [6, 6.07) is 6.37. The van der Waals surface area contributed by atoms with E-state index in [0.717, 1.165) is 0 Å². The number of anilines is 1. The molecule has 0 aliphatic carbocycles. The zero-order valence-corrected chi connectivity index (χ0v) is 9.60. The molecule has 1 unspecified atom stereocenters. The van der Waals surface area contributed by atoms with Crippen LogP contribution in [0.4, 0.5) is 5.69 Å². The van der Waals surface area contributed by atoms with E-state index in [1.54, 1.807) is 18.2 Å². The Balaban J connectivity index is 2.05. The summed E-state index contributed by atoms with van der Waals surface area (Å²) in [4.78, 5) is 33.8. The zero-order valence-electron chi connectivity index (χ0n) is 9.60. The molecular weight excluding hydrogens is 234 g/mol. The molecule has 0 saturated carbocycles. The molecule has 18 heavy (non-hydrogen) atoms. The van der Waals surface area contributed by atoms with Crippen molar-refractivity contribution in [2.75, 3.05) is 11.9 Å². The predicted molar refractivity (Wildman–Crippen MR) is 64.7 cm³/mol. The van der Waals surface area contributed by atoms with Gasteiger partial charge >= 0.3 is 0 Å². The fraction of sp³-hybridized carbons (Fsp3) is 0.250. The third-order valence-electron chi connectivity index (χ3n) is 2.76. The summed E-state index contributed by atoms with van der Waals surface area (Å²) in [7, 11) is 0. The van der Waals surface area contributed by atoms with Crippen LogP contribution in [-0.2, 0) is 9.59 Å². The number of hydrogen-bond acceptors (Lipinski definition) is 3. The van der Waals surface area contributed by atoms with Gasteiger partial charge < -0.3 is 16.4 Å². The third-order valence-corrected chi connectivity index (χ3v) is 2.76. The maximum absolute atomic E-state index is 11.8. The molecule has 1 atom stereocenters. The van der Waals surface area contributed by atoms with Crippen molar-refractivity contribution in [3.63, 3.8) is 0 Å². The van der Waals surface area contributed by atoms with Crippen molar-refractivity contribution in [3.05, 3.63) is 29.8 Å². The number of amides is 3. The van der Waals surface area contributed by atoms with Crippen LogP contribution in [0.25, 0.3) is 0 Å². The fourth-order valence-corrected chi connectivity index (χ4v) is 1.79. The normalized spacial score (nSPS) is 18.2. The molecule has 0 radical (unpaired) electrons. The summed E-state index contributed by atoms with van der Waals surface area (Å²) < 4.78 is 0. The third kappa shape index (κ3) is 2.65. The molecule has 1 aromatic rings. The van der Waals surface area contributed by atoms with E-state index in [-0.39, 0.29) is 24.2 Å². The van der Waals surface area contributed by atoms with Crippen LogP contribution in [0.1, 0.15) is 16.8 Å². The van der Waals surface area contributed by atoms with Crippen LogP contribution in [0.2, 0.25) is 0 Å². The van der Waals surface area contributed by atoms with Crippen molar-refractivity contribution >= 4 is 23.4 Å². The average molecular weight is 247 g/mol. The molecule has 0 spiro atoms. The summed E-state index contributed by atoms with van der Waals surface area (Å²) in [5.41, 5.74) is 5.97. The number of nitrogens with one attached hydrogen (secondary N) is 2. The van der Waals surface area contributed by atoms with Crippen LogP contribution in [0.15, 0.2) is 24.3 Å². The first-order chi connectivity index (χ1) is 8.56. The number of benzene rings is 1. The van der Waals surface area contributed by atoms with Crippen molar-refractivity contribution in [1.82, 2.24) is 5.32 Å². The van der Waals surface area contributed by atoms with E-state index >= 15 is 0 Å². The highest BCUT2D eigenvalue weighted by Crippen LogP contribution is 2.15. The highest BCUT2D eigenvalue weighted by molar-refractivity contribution is 5.99. The lowest BCUT2D eigenvalue weighted by Crippen LogP contribution is -2.24. The zero-order chi connectivity index (χ0) is 13.1. The van der Waals surface area contributed by atoms with Crippen LogP contribution in [0, 0.1) is 5.92 Å². The summed E-state index contributed by atoms with van der Waals surface area (Å²) in [6.07, 6.45) is 0.196. The van der Waals surface area contributed by atoms with Gasteiger partial charge in [0.25, 0.3) is 0 Å². The molecule has 94 valence electrons. The Labute approximate surface area is 104 Å². The van der Waals surface area contributed by atoms with Crippen molar-refractivity contribution < 1.29 is 14.4 Å². The minimum Gasteiger partial charge on any atom is -0.366 e. The fourth-order valence-electron chi connectivity index (χ4n) is 1.79. The Morgan fingerprint density at radius 2 is 2.17 bits per heavy atom. The second-order valence-electron chi connectivity index (χ2n) is 4.14. The van der Waals surface area contributed by atoms with E-state index in [2.05, 4.69) is 10.6 Å². The van der Waals surface area contributed by atoms with Gasteiger partial charge in [0.15, 0.2) is 0 Å². The van der Waals surface area contributed by atoms with E-state index in [4.69, 9.17) is 5.73 Å². The van der Waals surface area contributed by atoms with E-state index in [9.17, 15) is 14.4 Å².